The van der Waals surface area contributed by atoms with Gasteiger partial charge in [-0.1, -0.05) is 0 Å². The summed E-state index contributed by atoms with van der Waals surface area (Å²) in [5.41, 5.74) is -1.28. The number of hydrogen-bond acceptors (Lipinski definition) is 4. The van der Waals surface area contributed by atoms with Gasteiger partial charge in [0.05, 0.1) is 0 Å². The SMILES string of the molecule is CC(OC(=O)C(C)(C)[O][Sn]([c]1ccccc1)([c]1ccccc1)[c]1ccccc1)C(=O)N(C)C. The third-order valence-electron chi connectivity index (χ3n) is 5.51. The summed E-state index contributed by atoms with van der Waals surface area (Å²) in [4.78, 5) is 27.0. The molecule has 172 valence electrons. The van der Waals surface area contributed by atoms with Crippen LogP contribution in [0.4, 0.5) is 0 Å². The fraction of sp³-hybridized carbons (Fsp3) is 0.259. The second kappa shape index (κ2) is 10.5. The summed E-state index contributed by atoms with van der Waals surface area (Å²) in [5.74, 6) is -0.836. The first kappa shape index (κ1) is 25.0. The Balaban J connectivity index is 2.12. The summed E-state index contributed by atoms with van der Waals surface area (Å²) in [6.07, 6.45) is -0.898. The van der Waals surface area contributed by atoms with Crippen LogP contribution < -0.4 is 10.7 Å². The molecule has 0 aliphatic carbocycles. The summed E-state index contributed by atoms with van der Waals surface area (Å²) in [6.45, 7) is 5.03. The van der Waals surface area contributed by atoms with Gasteiger partial charge in [0.2, 0.25) is 0 Å². The molecule has 0 heterocycles. The van der Waals surface area contributed by atoms with Crippen LogP contribution in [0.1, 0.15) is 20.8 Å². The van der Waals surface area contributed by atoms with E-state index in [4.69, 9.17) is 7.81 Å². The molecule has 0 aliphatic heterocycles. The number of rotatable bonds is 8. The molecular weight excluding hydrogens is 521 g/mol. The summed E-state index contributed by atoms with van der Waals surface area (Å²) < 4.78 is 15.8. The van der Waals surface area contributed by atoms with Crippen molar-refractivity contribution in [2.24, 2.45) is 0 Å². The standard InChI is InChI=1S/C9H16NO4.3C6H5.Sn/c1-6(7(11)10(4)5)14-8(12)9(2,3)13;3*1-2-4-6-5-3-1;/h6H,1-5H3;3*1-5H;/q-1;;;;+1. The van der Waals surface area contributed by atoms with E-state index in [0.717, 1.165) is 10.7 Å². The number of benzene rings is 3. The van der Waals surface area contributed by atoms with Gasteiger partial charge in [-0.3, -0.25) is 0 Å². The first-order chi connectivity index (χ1) is 15.7. The molecule has 0 saturated heterocycles. The van der Waals surface area contributed by atoms with Crippen molar-refractivity contribution in [2.75, 3.05) is 14.1 Å². The zero-order valence-corrected chi connectivity index (χ0v) is 22.7. The summed E-state index contributed by atoms with van der Waals surface area (Å²) in [7, 11) is 3.27. The molecule has 1 atom stereocenters. The third kappa shape index (κ3) is 5.47. The fourth-order valence-corrected chi connectivity index (χ4v) is 15.8. The molecule has 5 nitrogen and oxygen atoms in total. The van der Waals surface area contributed by atoms with E-state index in [-0.39, 0.29) is 5.91 Å². The Morgan fingerprint density at radius 3 is 1.45 bits per heavy atom. The molecular formula is C27H31NO4Sn. The molecule has 0 radical (unpaired) electrons. The van der Waals surface area contributed by atoms with Crippen LogP contribution in [-0.2, 0) is 17.4 Å². The first-order valence-electron chi connectivity index (χ1n) is 11.0. The molecule has 0 aromatic heterocycles. The van der Waals surface area contributed by atoms with Gasteiger partial charge in [0.25, 0.3) is 0 Å². The topological polar surface area (TPSA) is 55.8 Å². The Labute approximate surface area is 200 Å². The van der Waals surface area contributed by atoms with Crippen LogP contribution in [0.25, 0.3) is 0 Å². The molecule has 0 aliphatic rings. The molecule has 0 N–H and O–H groups in total. The van der Waals surface area contributed by atoms with E-state index in [0.29, 0.717) is 0 Å². The van der Waals surface area contributed by atoms with Crippen molar-refractivity contribution < 1.29 is 17.4 Å². The summed E-state index contributed by atoms with van der Waals surface area (Å²) >= 11 is -4.16. The number of amides is 1. The van der Waals surface area contributed by atoms with Gasteiger partial charge in [-0.15, -0.1) is 0 Å². The van der Waals surface area contributed by atoms with Crippen molar-refractivity contribution in [2.45, 2.75) is 32.5 Å². The van der Waals surface area contributed by atoms with Crippen LogP contribution in [0.5, 0.6) is 0 Å². The van der Waals surface area contributed by atoms with Crippen molar-refractivity contribution in [1.82, 2.24) is 4.90 Å². The fourth-order valence-electron chi connectivity index (χ4n) is 3.84. The van der Waals surface area contributed by atoms with E-state index in [2.05, 4.69) is 36.4 Å². The molecule has 1 unspecified atom stereocenters. The molecule has 3 aromatic carbocycles. The van der Waals surface area contributed by atoms with Crippen molar-refractivity contribution in [3.63, 3.8) is 0 Å². The number of esters is 1. The van der Waals surface area contributed by atoms with Gasteiger partial charge < -0.3 is 0 Å². The van der Waals surface area contributed by atoms with Gasteiger partial charge in [0.15, 0.2) is 0 Å². The maximum atomic E-state index is 13.3. The molecule has 0 bridgehead atoms. The van der Waals surface area contributed by atoms with E-state index in [1.165, 1.54) is 4.90 Å². The number of hydrogen-bond donors (Lipinski definition) is 0. The molecule has 6 heteroatoms. The van der Waals surface area contributed by atoms with Gasteiger partial charge in [-0.25, -0.2) is 0 Å². The second-order valence-electron chi connectivity index (χ2n) is 8.67. The van der Waals surface area contributed by atoms with E-state index < -0.39 is 36.5 Å². The summed E-state index contributed by atoms with van der Waals surface area (Å²) in [6, 6.07) is 30.4. The molecule has 0 fully saturated rings. The van der Waals surface area contributed by atoms with E-state index in [9.17, 15) is 9.59 Å². The first-order valence-corrected chi connectivity index (χ1v) is 16.4. The van der Waals surface area contributed by atoms with Crippen molar-refractivity contribution in [3.05, 3.63) is 91.0 Å². The van der Waals surface area contributed by atoms with Gasteiger partial charge in [-0.05, 0) is 0 Å². The monoisotopic (exact) mass is 553 g/mol. The number of ether oxygens (including phenoxy) is 1. The molecule has 3 rings (SSSR count). The number of carbonyl (C=O) groups is 2. The van der Waals surface area contributed by atoms with Gasteiger partial charge in [0, 0.05) is 0 Å². The minimum atomic E-state index is -4.16. The minimum absolute atomic E-state index is 0.275. The van der Waals surface area contributed by atoms with Crippen LogP contribution in [0, 0.1) is 0 Å². The Hall–Kier alpha value is -2.64. The van der Waals surface area contributed by atoms with Crippen LogP contribution in [0.3, 0.4) is 0 Å². The molecule has 0 spiro atoms. The van der Waals surface area contributed by atoms with E-state index in [1.54, 1.807) is 34.9 Å². The molecule has 1 amide bonds. The Morgan fingerprint density at radius 2 is 1.12 bits per heavy atom. The van der Waals surface area contributed by atoms with Crippen molar-refractivity contribution in [1.29, 1.82) is 0 Å². The van der Waals surface area contributed by atoms with Crippen LogP contribution in [0.2, 0.25) is 0 Å². The zero-order valence-electron chi connectivity index (χ0n) is 19.8. The predicted octanol–water partition coefficient (Wildman–Crippen LogP) is 2.47. The Bertz CT molecular complexity index is 972. The average molecular weight is 552 g/mol. The van der Waals surface area contributed by atoms with Gasteiger partial charge in [0.1, 0.15) is 0 Å². The molecule has 0 saturated carbocycles. The molecule has 33 heavy (non-hydrogen) atoms. The maximum absolute atomic E-state index is 13.3. The second-order valence-corrected chi connectivity index (χ2v) is 18.1. The van der Waals surface area contributed by atoms with Crippen LogP contribution in [0.15, 0.2) is 91.0 Å². The number of carbonyl (C=O) groups excluding carboxylic acids is 2. The average Bonchev–Trinajstić information content (AvgIpc) is 2.83. The molecule has 3 aromatic rings. The van der Waals surface area contributed by atoms with Gasteiger partial charge >= 0.3 is 201 Å². The normalized spacial score (nSPS) is 12.6. The van der Waals surface area contributed by atoms with E-state index in [1.807, 2.05) is 54.6 Å². The zero-order chi connectivity index (χ0) is 24.1. The number of likely N-dealkylation sites (N-methyl/N-ethyl adjacent to an activating group) is 1. The van der Waals surface area contributed by atoms with Crippen molar-refractivity contribution in [3.8, 4) is 0 Å². The summed E-state index contributed by atoms with van der Waals surface area (Å²) in [5, 5.41) is 0. The Morgan fingerprint density at radius 1 is 0.758 bits per heavy atom. The Kier molecular flexibility index (Phi) is 7.97. The number of nitrogens with zero attached hydrogens (tertiary/aromatic N) is 1. The predicted molar refractivity (Wildman–Crippen MR) is 133 cm³/mol. The van der Waals surface area contributed by atoms with E-state index >= 15 is 0 Å². The van der Waals surface area contributed by atoms with Crippen LogP contribution in [-0.4, -0.2) is 61.4 Å². The van der Waals surface area contributed by atoms with Gasteiger partial charge in [-0.2, -0.15) is 0 Å². The quantitative estimate of drug-likeness (QED) is 0.319. The third-order valence-corrected chi connectivity index (χ3v) is 17.7. The van der Waals surface area contributed by atoms with Crippen LogP contribution >= 0.6 is 0 Å². The van der Waals surface area contributed by atoms with Crippen molar-refractivity contribution >= 4 is 41.4 Å².